The van der Waals surface area contributed by atoms with E-state index in [1.807, 2.05) is 0 Å². The zero-order chi connectivity index (χ0) is 5.70. The minimum atomic E-state index is -0.858. The predicted molar refractivity (Wildman–Crippen MR) is 26.5 cm³/mol. The van der Waals surface area contributed by atoms with E-state index in [2.05, 4.69) is 6.92 Å². The molecule has 0 aromatic rings. The number of hydrogen-bond donors (Lipinski definition) is 1. The SMILES string of the molecule is [CH2-]CC[CH-]C(=O)O.[Co+2]. The Morgan fingerprint density at radius 3 is 2.38 bits per heavy atom. The third-order valence-corrected chi connectivity index (χ3v) is 0.523. The van der Waals surface area contributed by atoms with Crippen molar-refractivity contribution in [3.05, 3.63) is 13.3 Å². The van der Waals surface area contributed by atoms with Gasteiger partial charge >= 0.3 is 16.8 Å². The molecule has 2 nitrogen and oxygen atoms in total. The third kappa shape index (κ3) is 9.28. The molecule has 0 bridgehead atoms. The molecule has 0 fully saturated rings. The van der Waals surface area contributed by atoms with E-state index >= 15 is 0 Å². The van der Waals surface area contributed by atoms with E-state index in [0.717, 1.165) is 0 Å². The van der Waals surface area contributed by atoms with Gasteiger partial charge in [-0.2, -0.15) is 6.42 Å². The van der Waals surface area contributed by atoms with Crippen LogP contribution in [0, 0.1) is 13.3 Å². The van der Waals surface area contributed by atoms with Crippen LogP contribution in [0.1, 0.15) is 12.8 Å². The molecule has 0 aliphatic rings. The number of carboxylic acids is 1. The van der Waals surface area contributed by atoms with Crippen LogP contribution in [0.5, 0.6) is 0 Å². The van der Waals surface area contributed by atoms with Gasteiger partial charge in [0, 0.05) is 0 Å². The van der Waals surface area contributed by atoms with Crippen molar-refractivity contribution in [2.24, 2.45) is 0 Å². The number of unbranched alkanes of at least 4 members (excludes halogenated alkanes) is 1. The maximum atomic E-state index is 9.67. The number of rotatable bonds is 3. The van der Waals surface area contributed by atoms with Gasteiger partial charge in [0.15, 0.2) is 5.97 Å². The standard InChI is InChI=1S/C5H8O2.Co/c1-2-3-4-5(6)7;/h4H,1-3H2,(H,6,7);/q-2;+2. The summed E-state index contributed by atoms with van der Waals surface area (Å²) in [6.45, 7) is 3.46. The van der Waals surface area contributed by atoms with Crippen LogP contribution in [0.3, 0.4) is 0 Å². The van der Waals surface area contributed by atoms with Gasteiger partial charge in [-0.15, -0.1) is 0 Å². The molecule has 8 heavy (non-hydrogen) atoms. The third-order valence-electron chi connectivity index (χ3n) is 0.523. The molecule has 0 saturated carbocycles. The molecule has 0 aromatic heterocycles. The van der Waals surface area contributed by atoms with Crippen molar-refractivity contribution in [1.82, 2.24) is 0 Å². The Morgan fingerprint density at radius 2 is 2.25 bits per heavy atom. The number of carboxylic acid groups (broad SMARTS) is 1. The molecule has 0 rings (SSSR count). The second kappa shape index (κ2) is 6.85. The van der Waals surface area contributed by atoms with E-state index in [1.54, 1.807) is 0 Å². The summed E-state index contributed by atoms with van der Waals surface area (Å²) < 4.78 is 0. The van der Waals surface area contributed by atoms with Crippen molar-refractivity contribution in [2.45, 2.75) is 12.8 Å². The Labute approximate surface area is 59.5 Å². The van der Waals surface area contributed by atoms with E-state index in [4.69, 9.17) is 5.11 Å². The van der Waals surface area contributed by atoms with Crippen LogP contribution in [-0.4, -0.2) is 11.1 Å². The summed E-state index contributed by atoms with van der Waals surface area (Å²) in [5.41, 5.74) is 0. The second-order valence-electron chi connectivity index (χ2n) is 1.18. The summed E-state index contributed by atoms with van der Waals surface area (Å²) in [7, 11) is 0. The van der Waals surface area contributed by atoms with Crippen LogP contribution in [0.2, 0.25) is 0 Å². The Bertz CT molecular complexity index is 63.4. The van der Waals surface area contributed by atoms with Gasteiger partial charge in [-0.1, -0.05) is 0 Å². The van der Waals surface area contributed by atoms with E-state index in [1.165, 1.54) is 6.42 Å². The van der Waals surface area contributed by atoms with Crippen LogP contribution < -0.4 is 0 Å². The minimum absolute atomic E-state index is 0. The molecule has 0 unspecified atom stereocenters. The molecule has 49 valence electrons. The molecule has 0 aliphatic carbocycles. The Balaban J connectivity index is 0. The van der Waals surface area contributed by atoms with Crippen LogP contribution in [0.4, 0.5) is 0 Å². The van der Waals surface area contributed by atoms with E-state index in [9.17, 15) is 4.79 Å². The minimum Gasteiger partial charge on any atom is -0.503 e. The normalized spacial score (nSPS) is 7.12. The van der Waals surface area contributed by atoms with Crippen LogP contribution in [0.15, 0.2) is 0 Å². The summed E-state index contributed by atoms with van der Waals surface area (Å²) in [4.78, 5) is 9.67. The monoisotopic (exact) mass is 159 g/mol. The fourth-order valence-corrected chi connectivity index (χ4v) is 0.226. The van der Waals surface area contributed by atoms with Gasteiger partial charge in [0.1, 0.15) is 0 Å². The van der Waals surface area contributed by atoms with Gasteiger partial charge in [0.25, 0.3) is 0 Å². The predicted octanol–water partition coefficient (Wildman–Crippen LogP) is 0.887. The summed E-state index contributed by atoms with van der Waals surface area (Å²) in [5, 5.41) is 7.96. The molecular weight excluding hydrogens is 151 g/mol. The molecule has 0 saturated heterocycles. The van der Waals surface area contributed by atoms with Crippen molar-refractivity contribution < 1.29 is 26.7 Å². The molecule has 3 heteroatoms. The molecule has 0 aliphatic heterocycles. The molecule has 1 N–H and O–H groups in total. The molecule has 0 amide bonds. The van der Waals surface area contributed by atoms with Gasteiger partial charge in [-0.3, -0.25) is 11.2 Å². The first kappa shape index (κ1) is 10.8. The number of hydrogen-bond acceptors (Lipinski definition) is 1. The van der Waals surface area contributed by atoms with Gasteiger partial charge < -0.3 is 12.0 Å². The second-order valence-corrected chi connectivity index (χ2v) is 1.18. The van der Waals surface area contributed by atoms with E-state index in [0.29, 0.717) is 12.8 Å². The molecule has 0 atom stereocenters. The molecule has 0 aromatic carbocycles. The molecule has 1 radical (unpaired) electrons. The zero-order valence-corrected chi connectivity index (χ0v) is 5.43. The Kier molecular flexibility index (Phi) is 9.21. The molecular formula is C5H8CoO2. The Hall–Kier alpha value is -0.154. The van der Waals surface area contributed by atoms with Crippen molar-refractivity contribution in [3.8, 4) is 0 Å². The zero-order valence-electron chi connectivity index (χ0n) is 4.39. The van der Waals surface area contributed by atoms with E-state index < -0.39 is 5.97 Å². The van der Waals surface area contributed by atoms with Crippen LogP contribution in [0.25, 0.3) is 0 Å². The average molecular weight is 159 g/mol. The first-order chi connectivity index (χ1) is 3.27. The van der Waals surface area contributed by atoms with Crippen LogP contribution >= 0.6 is 0 Å². The maximum absolute atomic E-state index is 9.67. The summed E-state index contributed by atoms with van der Waals surface area (Å²) >= 11 is 0. The summed E-state index contributed by atoms with van der Waals surface area (Å²) in [5.74, 6) is -0.858. The van der Waals surface area contributed by atoms with Crippen molar-refractivity contribution in [3.63, 3.8) is 0 Å². The van der Waals surface area contributed by atoms with E-state index in [-0.39, 0.29) is 16.8 Å². The van der Waals surface area contributed by atoms with Gasteiger partial charge in [0.2, 0.25) is 0 Å². The fraction of sp³-hybridized carbons (Fsp3) is 0.400. The van der Waals surface area contributed by atoms with Gasteiger partial charge in [-0.25, -0.2) is 6.42 Å². The number of carbonyl (C=O) groups is 1. The van der Waals surface area contributed by atoms with Gasteiger partial charge in [-0.05, 0) is 0 Å². The van der Waals surface area contributed by atoms with Crippen LogP contribution in [-0.2, 0) is 21.6 Å². The molecule has 0 heterocycles. The fourth-order valence-electron chi connectivity index (χ4n) is 0.226. The summed E-state index contributed by atoms with van der Waals surface area (Å²) in [6, 6.07) is 0. The maximum Gasteiger partial charge on any atom is 2.00 e. The topological polar surface area (TPSA) is 37.3 Å². The van der Waals surface area contributed by atoms with Crippen molar-refractivity contribution >= 4 is 5.97 Å². The van der Waals surface area contributed by atoms with Gasteiger partial charge in [0.05, 0.1) is 0 Å². The molecule has 0 spiro atoms. The Morgan fingerprint density at radius 1 is 1.75 bits per heavy atom. The smallest absolute Gasteiger partial charge is 0.503 e. The average Bonchev–Trinajstić information content (AvgIpc) is 1.61. The van der Waals surface area contributed by atoms with Crippen molar-refractivity contribution in [1.29, 1.82) is 0 Å². The summed E-state index contributed by atoms with van der Waals surface area (Å²) in [6.07, 6.45) is 2.43. The van der Waals surface area contributed by atoms with Crippen molar-refractivity contribution in [2.75, 3.05) is 0 Å². The first-order valence-electron chi connectivity index (χ1n) is 2.12. The largest absolute Gasteiger partial charge is 2.00 e. The number of aliphatic carboxylic acids is 1. The quantitative estimate of drug-likeness (QED) is 0.620. The first-order valence-corrected chi connectivity index (χ1v) is 2.12.